The summed E-state index contributed by atoms with van der Waals surface area (Å²) in [5, 5.41) is 0. The zero-order valence-corrected chi connectivity index (χ0v) is 9.53. The smallest absolute Gasteiger partial charge is 0.163 e. The first kappa shape index (κ1) is 11.7. The van der Waals surface area contributed by atoms with Gasteiger partial charge in [0.05, 0.1) is 13.2 Å². The predicted octanol–water partition coefficient (Wildman–Crippen LogP) is 2.84. The highest BCUT2D eigenvalue weighted by atomic mass is 16.7. The molecule has 14 heavy (non-hydrogen) atoms. The number of hydrogen-bond donors (Lipinski definition) is 0. The Hall–Kier alpha value is -0.340. The van der Waals surface area contributed by atoms with E-state index in [2.05, 4.69) is 27.4 Å². The fourth-order valence-electron chi connectivity index (χ4n) is 2.21. The molecule has 0 saturated carbocycles. The molecule has 3 unspecified atom stereocenters. The van der Waals surface area contributed by atoms with Crippen LogP contribution in [0.2, 0.25) is 0 Å². The van der Waals surface area contributed by atoms with Crippen LogP contribution in [0.5, 0.6) is 0 Å². The molecule has 0 amide bonds. The first-order chi connectivity index (χ1) is 6.70. The molecule has 0 radical (unpaired) electrons. The first-order valence-corrected chi connectivity index (χ1v) is 5.54. The van der Waals surface area contributed by atoms with Gasteiger partial charge in [-0.3, -0.25) is 0 Å². The zero-order chi connectivity index (χ0) is 10.6. The minimum Gasteiger partial charge on any atom is -0.352 e. The molecule has 1 aliphatic heterocycles. The van der Waals surface area contributed by atoms with Crippen LogP contribution in [0.25, 0.3) is 0 Å². The van der Waals surface area contributed by atoms with Gasteiger partial charge in [0.15, 0.2) is 6.29 Å². The van der Waals surface area contributed by atoms with Gasteiger partial charge in [-0.15, -0.1) is 6.58 Å². The van der Waals surface area contributed by atoms with Gasteiger partial charge in [0.2, 0.25) is 0 Å². The second-order valence-corrected chi connectivity index (χ2v) is 4.30. The molecule has 2 nitrogen and oxygen atoms in total. The first-order valence-electron chi connectivity index (χ1n) is 5.54. The van der Waals surface area contributed by atoms with Crippen molar-refractivity contribution in [1.82, 2.24) is 0 Å². The number of hydrogen-bond acceptors (Lipinski definition) is 2. The van der Waals surface area contributed by atoms with E-state index in [-0.39, 0.29) is 6.29 Å². The van der Waals surface area contributed by atoms with Crippen LogP contribution in [0.1, 0.15) is 27.2 Å². The molecule has 1 saturated heterocycles. The van der Waals surface area contributed by atoms with E-state index < -0.39 is 0 Å². The summed E-state index contributed by atoms with van der Waals surface area (Å²) in [6, 6.07) is 0. The molecule has 82 valence electrons. The summed E-state index contributed by atoms with van der Waals surface area (Å²) in [6.45, 7) is 11.9. The fourth-order valence-corrected chi connectivity index (χ4v) is 2.21. The molecule has 0 N–H and O–H groups in total. The summed E-state index contributed by atoms with van der Waals surface area (Å²) in [5.41, 5.74) is 0. The molecule has 0 aliphatic carbocycles. The summed E-state index contributed by atoms with van der Waals surface area (Å²) in [4.78, 5) is 0. The normalized spacial score (nSPS) is 28.6. The van der Waals surface area contributed by atoms with Crippen LogP contribution >= 0.6 is 0 Å². The average molecular weight is 198 g/mol. The molecule has 0 aromatic carbocycles. The summed E-state index contributed by atoms with van der Waals surface area (Å²) in [6.07, 6.45) is 3.00. The van der Waals surface area contributed by atoms with Crippen LogP contribution in [-0.4, -0.2) is 19.5 Å². The van der Waals surface area contributed by atoms with E-state index in [0.29, 0.717) is 18.4 Å². The maximum absolute atomic E-state index is 5.53. The minimum absolute atomic E-state index is 0.0142. The highest BCUT2D eigenvalue weighted by molar-refractivity contribution is 4.81. The molecular formula is C12H22O2. The fraction of sp³-hybridized carbons (Fsp3) is 0.833. The van der Waals surface area contributed by atoms with Crippen molar-refractivity contribution in [1.29, 1.82) is 0 Å². The van der Waals surface area contributed by atoms with E-state index in [1.54, 1.807) is 6.08 Å². The maximum atomic E-state index is 5.53. The standard InChI is InChI=1S/C12H22O2/c1-5-7-13-12-11(8-14-12)10(6-2)9(3)4/h5,9-12H,1,6-8H2,2-4H3. The van der Waals surface area contributed by atoms with E-state index in [9.17, 15) is 0 Å². The van der Waals surface area contributed by atoms with Crippen LogP contribution in [0.15, 0.2) is 12.7 Å². The van der Waals surface area contributed by atoms with E-state index in [1.165, 1.54) is 6.42 Å². The van der Waals surface area contributed by atoms with Gasteiger partial charge in [-0.25, -0.2) is 0 Å². The molecule has 1 heterocycles. The van der Waals surface area contributed by atoms with Crippen LogP contribution < -0.4 is 0 Å². The van der Waals surface area contributed by atoms with Gasteiger partial charge in [-0.1, -0.05) is 33.3 Å². The summed E-state index contributed by atoms with van der Waals surface area (Å²) < 4.78 is 10.9. The van der Waals surface area contributed by atoms with Crippen molar-refractivity contribution in [2.75, 3.05) is 13.2 Å². The van der Waals surface area contributed by atoms with Gasteiger partial charge >= 0.3 is 0 Å². The van der Waals surface area contributed by atoms with E-state index >= 15 is 0 Å². The SMILES string of the molecule is C=CCOC1OCC1C(CC)C(C)C. The Bertz CT molecular complexity index is 177. The Kier molecular flexibility index (Phi) is 4.63. The molecule has 1 rings (SSSR count). The van der Waals surface area contributed by atoms with E-state index in [1.807, 2.05) is 0 Å². The average Bonchev–Trinajstić information content (AvgIpc) is 2.12. The molecular weight excluding hydrogens is 176 g/mol. The number of ether oxygens (including phenoxy) is 2. The minimum atomic E-state index is 0.0142. The summed E-state index contributed by atoms with van der Waals surface area (Å²) >= 11 is 0. The Morgan fingerprint density at radius 1 is 1.57 bits per heavy atom. The van der Waals surface area contributed by atoms with E-state index in [4.69, 9.17) is 9.47 Å². The molecule has 1 aliphatic rings. The quantitative estimate of drug-likeness (QED) is 0.611. The van der Waals surface area contributed by atoms with Crippen LogP contribution in [-0.2, 0) is 9.47 Å². The molecule has 3 atom stereocenters. The Labute approximate surface area is 87.3 Å². The third kappa shape index (κ3) is 2.58. The predicted molar refractivity (Wildman–Crippen MR) is 58.0 cm³/mol. The topological polar surface area (TPSA) is 18.5 Å². The van der Waals surface area contributed by atoms with Crippen molar-refractivity contribution in [3.63, 3.8) is 0 Å². The van der Waals surface area contributed by atoms with Gasteiger partial charge in [0.25, 0.3) is 0 Å². The largest absolute Gasteiger partial charge is 0.352 e. The maximum Gasteiger partial charge on any atom is 0.163 e. The highest BCUT2D eigenvalue weighted by Gasteiger charge is 2.39. The third-order valence-electron chi connectivity index (χ3n) is 3.06. The van der Waals surface area contributed by atoms with Gasteiger partial charge < -0.3 is 9.47 Å². The Morgan fingerprint density at radius 2 is 2.29 bits per heavy atom. The lowest BCUT2D eigenvalue weighted by Gasteiger charge is -2.42. The van der Waals surface area contributed by atoms with Crippen molar-refractivity contribution >= 4 is 0 Å². The van der Waals surface area contributed by atoms with Gasteiger partial charge in [0.1, 0.15) is 0 Å². The van der Waals surface area contributed by atoms with Crippen molar-refractivity contribution in [2.24, 2.45) is 17.8 Å². The van der Waals surface area contributed by atoms with Crippen molar-refractivity contribution < 1.29 is 9.47 Å². The lowest BCUT2D eigenvalue weighted by molar-refractivity contribution is -0.271. The molecule has 0 aromatic rings. The molecule has 1 fully saturated rings. The lowest BCUT2D eigenvalue weighted by Crippen LogP contribution is -2.47. The van der Waals surface area contributed by atoms with Crippen molar-refractivity contribution in [3.05, 3.63) is 12.7 Å². The molecule has 0 bridgehead atoms. The summed E-state index contributed by atoms with van der Waals surface area (Å²) in [5.74, 6) is 2.02. The second-order valence-electron chi connectivity index (χ2n) is 4.30. The monoisotopic (exact) mass is 198 g/mol. The third-order valence-corrected chi connectivity index (χ3v) is 3.06. The molecule has 2 heteroatoms. The molecule has 0 aromatic heterocycles. The van der Waals surface area contributed by atoms with Crippen molar-refractivity contribution in [3.8, 4) is 0 Å². The lowest BCUT2D eigenvalue weighted by atomic mass is 9.79. The van der Waals surface area contributed by atoms with Crippen LogP contribution in [0, 0.1) is 17.8 Å². The van der Waals surface area contributed by atoms with Crippen molar-refractivity contribution in [2.45, 2.75) is 33.5 Å². The second kappa shape index (κ2) is 5.52. The number of rotatable bonds is 6. The summed E-state index contributed by atoms with van der Waals surface area (Å²) in [7, 11) is 0. The molecule has 0 spiro atoms. The van der Waals surface area contributed by atoms with E-state index in [0.717, 1.165) is 12.5 Å². The van der Waals surface area contributed by atoms with Gasteiger partial charge in [-0.05, 0) is 11.8 Å². The van der Waals surface area contributed by atoms with Gasteiger partial charge in [0, 0.05) is 5.92 Å². The Morgan fingerprint density at radius 3 is 2.64 bits per heavy atom. The zero-order valence-electron chi connectivity index (χ0n) is 9.53. The van der Waals surface area contributed by atoms with Crippen LogP contribution in [0.4, 0.5) is 0 Å². The Balaban J connectivity index is 2.39. The van der Waals surface area contributed by atoms with Crippen LogP contribution in [0.3, 0.4) is 0 Å². The highest BCUT2D eigenvalue weighted by Crippen LogP contribution is 2.35. The van der Waals surface area contributed by atoms with Gasteiger partial charge in [-0.2, -0.15) is 0 Å².